The molecule has 1 rings (SSSR count). The Kier molecular flexibility index (Phi) is 4.11. The Morgan fingerprint density at radius 2 is 2.00 bits per heavy atom. The van der Waals surface area contributed by atoms with E-state index in [-0.39, 0.29) is 6.10 Å². The van der Waals surface area contributed by atoms with Crippen LogP contribution in [-0.2, 0) is 6.42 Å². The summed E-state index contributed by atoms with van der Waals surface area (Å²) in [6, 6.07) is 6.42. The van der Waals surface area contributed by atoms with E-state index in [1.807, 2.05) is 0 Å². The van der Waals surface area contributed by atoms with Gasteiger partial charge in [0.05, 0.1) is 6.10 Å². The van der Waals surface area contributed by atoms with Crippen LogP contribution in [0.15, 0.2) is 18.2 Å². The first-order chi connectivity index (χ1) is 6.63. The number of benzene rings is 1. The fourth-order valence-corrected chi connectivity index (χ4v) is 1.41. The molecule has 14 heavy (non-hydrogen) atoms. The van der Waals surface area contributed by atoms with Gasteiger partial charge in [0.15, 0.2) is 0 Å². The second-order valence-electron chi connectivity index (χ2n) is 3.85. The van der Waals surface area contributed by atoms with E-state index < -0.39 is 0 Å². The maximum absolute atomic E-state index is 9.32. The van der Waals surface area contributed by atoms with Gasteiger partial charge in [-0.15, -0.1) is 0 Å². The van der Waals surface area contributed by atoms with E-state index in [4.69, 9.17) is 5.73 Å². The van der Waals surface area contributed by atoms with Gasteiger partial charge in [0.1, 0.15) is 0 Å². The largest absolute Gasteiger partial charge is 0.392 e. The standard InChI is InChI=1S/C12H19NO/c1-9-3-4-11(7-10(9)2)5-6-12(14)8-13/h3-4,7,12,14H,5-6,8,13H2,1-2H3. The average Bonchev–Trinajstić information content (AvgIpc) is 2.19. The predicted molar refractivity (Wildman–Crippen MR) is 59.3 cm³/mol. The van der Waals surface area contributed by atoms with Gasteiger partial charge in [0, 0.05) is 6.54 Å². The summed E-state index contributed by atoms with van der Waals surface area (Å²) < 4.78 is 0. The van der Waals surface area contributed by atoms with E-state index in [9.17, 15) is 5.11 Å². The van der Waals surface area contributed by atoms with Crippen molar-refractivity contribution in [3.05, 3.63) is 34.9 Å². The molecule has 0 aliphatic rings. The number of aryl methyl sites for hydroxylation is 3. The first kappa shape index (κ1) is 11.2. The van der Waals surface area contributed by atoms with Crippen LogP contribution in [-0.4, -0.2) is 17.8 Å². The molecule has 0 saturated carbocycles. The summed E-state index contributed by atoms with van der Waals surface area (Å²) in [6.45, 7) is 4.57. The molecule has 0 bridgehead atoms. The minimum atomic E-state index is -0.364. The number of hydrogen-bond donors (Lipinski definition) is 2. The van der Waals surface area contributed by atoms with Crippen LogP contribution in [0.4, 0.5) is 0 Å². The molecule has 1 atom stereocenters. The second kappa shape index (κ2) is 5.13. The SMILES string of the molecule is Cc1ccc(CCC(O)CN)cc1C. The lowest BCUT2D eigenvalue weighted by atomic mass is 10.0. The number of aliphatic hydroxyl groups is 1. The normalized spacial score (nSPS) is 12.9. The van der Waals surface area contributed by atoms with Crippen LogP contribution in [0.25, 0.3) is 0 Å². The highest BCUT2D eigenvalue weighted by Crippen LogP contribution is 2.11. The third-order valence-electron chi connectivity index (χ3n) is 2.61. The monoisotopic (exact) mass is 193 g/mol. The third kappa shape index (κ3) is 3.13. The number of nitrogens with two attached hydrogens (primary N) is 1. The lowest BCUT2D eigenvalue weighted by Crippen LogP contribution is -2.20. The zero-order chi connectivity index (χ0) is 10.6. The molecule has 3 N–H and O–H groups in total. The molecule has 0 aliphatic heterocycles. The van der Waals surface area contributed by atoms with Gasteiger partial charge in [-0.25, -0.2) is 0 Å². The lowest BCUT2D eigenvalue weighted by molar-refractivity contribution is 0.173. The summed E-state index contributed by atoms with van der Waals surface area (Å²) in [7, 11) is 0. The fraction of sp³-hybridized carbons (Fsp3) is 0.500. The molecule has 0 fully saturated rings. The molecule has 0 aliphatic carbocycles. The molecule has 2 nitrogen and oxygen atoms in total. The first-order valence-electron chi connectivity index (χ1n) is 5.07. The zero-order valence-corrected chi connectivity index (χ0v) is 8.96. The molecule has 0 radical (unpaired) electrons. The zero-order valence-electron chi connectivity index (χ0n) is 8.96. The third-order valence-corrected chi connectivity index (χ3v) is 2.61. The van der Waals surface area contributed by atoms with Crippen molar-refractivity contribution in [2.45, 2.75) is 32.8 Å². The minimum absolute atomic E-state index is 0.352. The summed E-state index contributed by atoms with van der Waals surface area (Å²) in [4.78, 5) is 0. The van der Waals surface area contributed by atoms with E-state index >= 15 is 0 Å². The quantitative estimate of drug-likeness (QED) is 0.762. The van der Waals surface area contributed by atoms with Gasteiger partial charge >= 0.3 is 0 Å². The van der Waals surface area contributed by atoms with Crippen LogP contribution in [0, 0.1) is 13.8 Å². The van der Waals surface area contributed by atoms with Crippen LogP contribution in [0.2, 0.25) is 0 Å². The van der Waals surface area contributed by atoms with Gasteiger partial charge in [0.2, 0.25) is 0 Å². The number of aliphatic hydroxyl groups excluding tert-OH is 1. The Hall–Kier alpha value is -0.860. The molecule has 0 saturated heterocycles. The van der Waals surface area contributed by atoms with Gasteiger partial charge in [-0.1, -0.05) is 18.2 Å². The Morgan fingerprint density at radius 1 is 1.29 bits per heavy atom. The molecule has 1 aromatic rings. The van der Waals surface area contributed by atoms with Crippen molar-refractivity contribution in [1.29, 1.82) is 0 Å². The molecule has 1 unspecified atom stereocenters. The van der Waals surface area contributed by atoms with Crippen molar-refractivity contribution >= 4 is 0 Å². The molecule has 0 amide bonds. The van der Waals surface area contributed by atoms with Crippen molar-refractivity contribution in [3.8, 4) is 0 Å². The van der Waals surface area contributed by atoms with Crippen LogP contribution in [0.5, 0.6) is 0 Å². The van der Waals surface area contributed by atoms with Gasteiger partial charge in [0.25, 0.3) is 0 Å². The van der Waals surface area contributed by atoms with Crippen LogP contribution in [0.1, 0.15) is 23.1 Å². The van der Waals surface area contributed by atoms with Crippen LogP contribution in [0.3, 0.4) is 0 Å². The molecule has 2 heteroatoms. The van der Waals surface area contributed by atoms with Gasteiger partial charge < -0.3 is 10.8 Å². The first-order valence-corrected chi connectivity index (χ1v) is 5.07. The summed E-state index contributed by atoms with van der Waals surface area (Å²) in [5.74, 6) is 0. The Labute approximate surface area is 85.8 Å². The highest BCUT2D eigenvalue weighted by atomic mass is 16.3. The maximum Gasteiger partial charge on any atom is 0.0665 e. The molecule has 0 spiro atoms. The molecule has 0 aromatic heterocycles. The fourth-order valence-electron chi connectivity index (χ4n) is 1.41. The number of rotatable bonds is 4. The Bertz CT molecular complexity index is 296. The highest BCUT2D eigenvalue weighted by molar-refractivity contribution is 5.29. The highest BCUT2D eigenvalue weighted by Gasteiger charge is 2.02. The molecular weight excluding hydrogens is 174 g/mol. The smallest absolute Gasteiger partial charge is 0.0665 e. The summed E-state index contributed by atoms with van der Waals surface area (Å²) in [5, 5.41) is 9.32. The summed E-state index contributed by atoms with van der Waals surface area (Å²) >= 11 is 0. The summed E-state index contributed by atoms with van der Waals surface area (Å²) in [6.07, 6.45) is 1.29. The minimum Gasteiger partial charge on any atom is -0.392 e. The lowest BCUT2D eigenvalue weighted by Gasteiger charge is -2.08. The van der Waals surface area contributed by atoms with Gasteiger partial charge in [-0.2, -0.15) is 0 Å². The predicted octanol–water partition coefficient (Wildman–Crippen LogP) is 1.56. The van der Waals surface area contributed by atoms with E-state index in [1.165, 1.54) is 16.7 Å². The van der Waals surface area contributed by atoms with Gasteiger partial charge in [-0.05, 0) is 43.4 Å². The van der Waals surface area contributed by atoms with E-state index in [2.05, 4.69) is 32.0 Å². The van der Waals surface area contributed by atoms with Crippen molar-refractivity contribution < 1.29 is 5.11 Å². The molecule has 78 valence electrons. The van der Waals surface area contributed by atoms with Gasteiger partial charge in [-0.3, -0.25) is 0 Å². The second-order valence-corrected chi connectivity index (χ2v) is 3.85. The van der Waals surface area contributed by atoms with E-state index in [1.54, 1.807) is 0 Å². The van der Waals surface area contributed by atoms with Crippen molar-refractivity contribution in [2.75, 3.05) is 6.54 Å². The van der Waals surface area contributed by atoms with Crippen LogP contribution < -0.4 is 5.73 Å². The Morgan fingerprint density at radius 3 is 2.57 bits per heavy atom. The molecular formula is C12H19NO. The molecule has 0 heterocycles. The summed E-state index contributed by atoms with van der Waals surface area (Å²) in [5.41, 5.74) is 9.24. The van der Waals surface area contributed by atoms with Crippen molar-refractivity contribution in [1.82, 2.24) is 0 Å². The van der Waals surface area contributed by atoms with Crippen molar-refractivity contribution in [3.63, 3.8) is 0 Å². The average molecular weight is 193 g/mol. The maximum atomic E-state index is 9.32. The van der Waals surface area contributed by atoms with Crippen molar-refractivity contribution in [2.24, 2.45) is 5.73 Å². The topological polar surface area (TPSA) is 46.2 Å². The number of hydrogen-bond acceptors (Lipinski definition) is 2. The Balaban J connectivity index is 2.55. The van der Waals surface area contributed by atoms with Crippen LogP contribution >= 0.6 is 0 Å². The van der Waals surface area contributed by atoms with E-state index in [0.717, 1.165) is 12.8 Å². The van der Waals surface area contributed by atoms with E-state index in [0.29, 0.717) is 6.54 Å². The molecule has 1 aromatic carbocycles.